The fraction of sp³-hybridized carbons (Fsp3) is 0.0625. The lowest BCUT2D eigenvalue weighted by Crippen LogP contribution is -2.14. The minimum absolute atomic E-state index is 0.00684. The number of carbonyl (C=O) groups excluding carboxylic acids is 1. The SMILES string of the molecule is O=C(Nc1nc(-c2ccccn2)cs1)c1ccccc1OC(F)F. The van der Waals surface area contributed by atoms with Gasteiger partial charge in [0.15, 0.2) is 5.13 Å². The second kappa shape index (κ2) is 7.14. The van der Waals surface area contributed by atoms with E-state index in [1.54, 1.807) is 29.8 Å². The number of hydrogen-bond acceptors (Lipinski definition) is 5. The summed E-state index contributed by atoms with van der Waals surface area (Å²) >= 11 is 1.22. The zero-order valence-electron chi connectivity index (χ0n) is 12.1. The van der Waals surface area contributed by atoms with Crippen molar-refractivity contribution in [3.8, 4) is 17.1 Å². The van der Waals surface area contributed by atoms with Crippen molar-refractivity contribution in [2.45, 2.75) is 6.61 Å². The summed E-state index contributed by atoms with van der Waals surface area (Å²) in [5, 5.41) is 4.67. The van der Waals surface area contributed by atoms with Gasteiger partial charge in [-0.3, -0.25) is 15.1 Å². The fourth-order valence-corrected chi connectivity index (χ4v) is 2.68. The molecule has 0 bridgehead atoms. The molecule has 0 radical (unpaired) electrons. The average Bonchev–Trinajstić information content (AvgIpc) is 3.04. The maximum absolute atomic E-state index is 12.4. The van der Waals surface area contributed by atoms with E-state index in [-0.39, 0.29) is 11.3 Å². The summed E-state index contributed by atoms with van der Waals surface area (Å²) in [6.45, 7) is -3.01. The number of nitrogens with one attached hydrogen (secondary N) is 1. The maximum Gasteiger partial charge on any atom is 0.387 e. The molecule has 0 aliphatic carbocycles. The Morgan fingerprint density at radius 3 is 2.67 bits per heavy atom. The first kappa shape index (κ1) is 16.0. The highest BCUT2D eigenvalue weighted by Gasteiger charge is 2.16. The smallest absolute Gasteiger partial charge is 0.387 e. The lowest BCUT2D eigenvalue weighted by atomic mass is 10.2. The molecule has 8 heteroatoms. The van der Waals surface area contributed by atoms with Crippen LogP contribution in [0.1, 0.15) is 10.4 Å². The molecule has 1 amide bonds. The molecule has 5 nitrogen and oxygen atoms in total. The Morgan fingerprint density at radius 1 is 1.12 bits per heavy atom. The molecule has 0 aliphatic rings. The number of halogens is 2. The van der Waals surface area contributed by atoms with Crippen molar-refractivity contribution in [2.24, 2.45) is 0 Å². The number of nitrogens with zero attached hydrogens (tertiary/aromatic N) is 2. The number of amides is 1. The van der Waals surface area contributed by atoms with E-state index in [1.807, 2.05) is 6.07 Å². The minimum Gasteiger partial charge on any atom is -0.434 e. The summed E-state index contributed by atoms with van der Waals surface area (Å²) in [5.74, 6) is -0.764. The zero-order chi connectivity index (χ0) is 16.9. The molecule has 0 saturated heterocycles. The third kappa shape index (κ3) is 3.72. The number of rotatable bonds is 5. The molecular weight excluding hydrogens is 336 g/mol. The first-order valence-corrected chi connectivity index (χ1v) is 7.73. The van der Waals surface area contributed by atoms with Crippen molar-refractivity contribution in [1.29, 1.82) is 0 Å². The quantitative estimate of drug-likeness (QED) is 0.756. The van der Waals surface area contributed by atoms with Gasteiger partial charge in [0, 0.05) is 11.6 Å². The number of alkyl halides is 2. The van der Waals surface area contributed by atoms with E-state index in [9.17, 15) is 13.6 Å². The van der Waals surface area contributed by atoms with Gasteiger partial charge in [-0.15, -0.1) is 11.3 Å². The largest absolute Gasteiger partial charge is 0.434 e. The number of hydrogen-bond donors (Lipinski definition) is 1. The Hall–Kier alpha value is -2.87. The van der Waals surface area contributed by atoms with Gasteiger partial charge in [-0.05, 0) is 24.3 Å². The Morgan fingerprint density at radius 2 is 1.92 bits per heavy atom. The van der Waals surface area contributed by atoms with Gasteiger partial charge in [0.25, 0.3) is 5.91 Å². The summed E-state index contributed by atoms with van der Waals surface area (Å²) in [6.07, 6.45) is 1.64. The van der Waals surface area contributed by atoms with Gasteiger partial charge >= 0.3 is 6.61 Å². The Balaban J connectivity index is 1.78. The van der Waals surface area contributed by atoms with Crippen molar-refractivity contribution in [3.05, 3.63) is 59.6 Å². The Bertz CT molecular complexity index is 840. The van der Waals surface area contributed by atoms with Gasteiger partial charge < -0.3 is 4.74 Å². The number of thiazole rings is 1. The van der Waals surface area contributed by atoms with Gasteiger partial charge in [0.2, 0.25) is 0 Å². The molecule has 0 atom stereocenters. The van der Waals surface area contributed by atoms with Crippen LogP contribution in [-0.4, -0.2) is 22.5 Å². The van der Waals surface area contributed by atoms with Gasteiger partial charge in [-0.1, -0.05) is 18.2 Å². The van der Waals surface area contributed by atoms with Crippen LogP contribution in [0.15, 0.2) is 54.0 Å². The summed E-state index contributed by atoms with van der Waals surface area (Å²) in [7, 11) is 0. The molecule has 0 unspecified atom stereocenters. The normalized spacial score (nSPS) is 10.6. The van der Waals surface area contributed by atoms with Crippen molar-refractivity contribution in [2.75, 3.05) is 5.32 Å². The number of aromatic nitrogens is 2. The molecule has 3 aromatic rings. The number of para-hydroxylation sites is 1. The van der Waals surface area contributed by atoms with Crippen LogP contribution >= 0.6 is 11.3 Å². The van der Waals surface area contributed by atoms with E-state index in [0.717, 1.165) is 0 Å². The molecule has 0 fully saturated rings. The van der Waals surface area contributed by atoms with E-state index in [2.05, 4.69) is 20.0 Å². The molecule has 1 N–H and O–H groups in total. The van der Waals surface area contributed by atoms with Gasteiger partial charge in [0.05, 0.1) is 11.3 Å². The predicted molar refractivity (Wildman–Crippen MR) is 86.4 cm³/mol. The van der Waals surface area contributed by atoms with Crippen molar-refractivity contribution in [3.63, 3.8) is 0 Å². The number of benzene rings is 1. The molecule has 24 heavy (non-hydrogen) atoms. The lowest BCUT2D eigenvalue weighted by molar-refractivity contribution is -0.0501. The van der Waals surface area contributed by atoms with Crippen LogP contribution in [0, 0.1) is 0 Å². The molecule has 2 heterocycles. The van der Waals surface area contributed by atoms with Crippen molar-refractivity contribution < 1.29 is 18.3 Å². The van der Waals surface area contributed by atoms with E-state index >= 15 is 0 Å². The van der Waals surface area contributed by atoms with Crippen LogP contribution in [0.5, 0.6) is 5.75 Å². The van der Waals surface area contributed by atoms with E-state index in [0.29, 0.717) is 16.5 Å². The average molecular weight is 347 g/mol. The van der Waals surface area contributed by atoms with E-state index < -0.39 is 12.5 Å². The van der Waals surface area contributed by atoms with Gasteiger partial charge in [0.1, 0.15) is 11.4 Å². The van der Waals surface area contributed by atoms with E-state index in [1.165, 1.54) is 29.5 Å². The maximum atomic E-state index is 12.4. The van der Waals surface area contributed by atoms with E-state index in [4.69, 9.17) is 0 Å². The van der Waals surface area contributed by atoms with Crippen LogP contribution in [0.2, 0.25) is 0 Å². The highest BCUT2D eigenvalue weighted by molar-refractivity contribution is 7.14. The van der Waals surface area contributed by atoms with Gasteiger partial charge in [-0.25, -0.2) is 4.98 Å². The molecule has 0 spiro atoms. The van der Waals surface area contributed by atoms with Gasteiger partial charge in [-0.2, -0.15) is 8.78 Å². The second-order valence-corrected chi connectivity index (χ2v) is 5.44. The zero-order valence-corrected chi connectivity index (χ0v) is 13.0. The second-order valence-electron chi connectivity index (χ2n) is 4.58. The van der Waals surface area contributed by atoms with Crippen molar-refractivity contribution >= 4 is 22.4 Å². The third-order valence-corrected chi connectivity index (χ3v) is 3.76. The number of ether oxygens (including phenoxy) is 1. The topological polar surface area (TPSA) is 64.1 Å². The van der Waals surface area contributed by atoms with Crippen LogP contribution in [0.4, 0.5) is 13.9 Å². The highest BCUT2D eigenvalue weighted by atomic mass is 32.1. The summed E-state index contributed by atoms with van der Waals surface area (Å²) < 4.78 is 29.2. The summed E-state index contributed by atoms with van der Waals surface area (Å²) in [5.41, 5.74) is 1.30. The Kier molecular flexibility index (Phi) is 4.76. The summed E-state index contributed by atoms with van der Waals surface area (Å²) in [4.78, 5) is 20.7. The standard InChI is InChI=1S/C16H11F2N3O2S/c17-15(18)23-13-7-2-1-5-10(13)14(22)21-16-20-12(9-24-16)11-6-3-4-8-19-11/h1-9,15H,(H,20,21,22). The number of pyridine rings is 1. The molecule has 0 aliphatic heterocycles. The molecule has 3 rings (SSSR count). The van der Waals surface area contributed by atoms with Crippen LogP contribution in [0.3, 0.4) is 0 Å². The number of carbonyl (C=O) groups is 1. The lowest BCUT2D eigenvalue weighted by Gasteiger charge is -2.09. The van der Waals surface area contributed by atoms with Crippen LogP contribution in [0.25, 0.3) is 11.4 Å². The fourth-order valence-electron chi connectivity index (χ4n) is 1.98. The molecule has 2 aromatic heterocycles. The first-order chi connectivity index (χ1) is 11.6. The minimum atomic E-state index is -3.01. The van der Waals surface area contributed by atoms with Crippen LogP contribution in [-0.2, 0) is 0 Å². The monoisotopic (exact) mass is 347 g/mol. The predicted octanol–water partition coefficient (Wildman–Crippen LogP) is 4.06. The first-order valence-electron chi connectivity index (χ1n) is 6.85. The van der Waals surface area contributed by atoms with Crippen molar-refractivity contribution in [1.82, 2.24) is 9.97 Å². The molecular formula is C16H11F2N3O2S. The van der Waals surface area contributed by atoms with Crippen LogP contribution < -0.4 is 10.1 Å². The summed E-state index contributed by atoms with van der Waals surface area (Å²) in [6, 6.07) is 11.2. The molecule has 1 aromatic carbocycles. The third-order valence-electron chi connectivity index (χ3n) is 3.00. The highest BCUT2D eigenvalue weighted by Crippen LogP contribution is 2.25. The number of anilines is 1. The molecule has 122 valence electrons. The molecule has 0 saturated carbocycles. The Labute approximate surface area is 140 Å².